The topological polar surface area (TPSA) is 58.4 Å². The third kappa shape index (κ3) is 4.12. The number of amides is 1. The minimum atomic E-state index is -4.50. The quantitative estimate of drug-likeness (QED) is 0.833. The molecule has 7 heteroatoms. The Morgan fingerprint density at radius 3 is 2.50 bits per heavy atom. The predicted molar refractivity (Wildman–Crippen MR) is 71.3 cm³/mol. The van der Waals surface area contributed by atoms with Gasteiger partial charge in [0.15, 0.2) is 0 Å². The summed E-state index contributed by atoms with van der Waals surface area (Å²) in [4.78, 5) is 13.8. The lowest BCUT2D eigenvalue weighted by Crippen LogP contribution is -2.38. The van der Waals surface area contributed by atoms with E-state index in [-0.39, 0.29) is 17.3 Å². The molecule has 0 aliphatic heterocycles. The van der Waals surface area contributed by atoms with Crippen molar-refractivity contribution in [1.29, 1.82) is 0 Å². The van der Waals surface area contributed by atoms with E-state index in [1.165, 1.54) is 0 Å². The number of hydrogen-bond donors (Lipinski definition) is 2. The third-order valence-corrected chi connectivity index (χ3v) is 3.06. The Morgan fingerprint density at radius 1 is 1.40 bits per heavy atom. The first-order chi connectivity index (χ1) is 9.12. The lowest BCUT2D eigenvalue weighted by Gasteiger charge is -2.20. The maximum atomic E-state index is 12.6. The van der Waals surface area contributed by atoms with Crippen molar-refractivity contribution in [3.8, 4) is 0 Å². The van der Waals surface area contributed by atoms with Gasteiger partial charge >= 0.3 is 6.18 Å². The molecule has 20 heavy (non-hydrogen) atoms. The molecule has 3 N–H and O–H groups in total. The van der Waals surface area contributed by atoms with Crippen molar-refractivity contribution >= 4 is 11.6 Å². The molecule has 0 aliphatic carbocycles. The maximum absolute atomic E-state index is 12.6. The SMILES string of the molecule is CC(CNC(=O)c1cc(C(F)(F)F)ccc1N)N(C)C. The van der Waals surface area contributed by atoms with E-state index in [2.05, 4.69) is 5.32 Å². The molecule has 0 aromatic heterocycles. The highest BCUT2D eigenvalue weighted by Gasteiger charge is 2.31. The van der Waals surface area contributed by atoms with E-state index in [4.69, 9.17) is 5.73 Å². The molecule has 1 unspecified atom stereocenters. The molecular formula is C13H18F3N3O. The first-order valence-electron chi connectivity index (χ1n) is 6.04. The Balaban J connectivity index is 2.87. The number of nitrogens with zero attached hydrogens (tertiary/aromatic N) is 1. The number of alkyl halides is 3. The second-order valence-corrected chi connectivity index (χ2v) is 4.82. The Labute approximate surface area is 115 Å². The van der Waals surface area contributed by atoms with Gasteiger partial charge in [-0.05, 0) is 39.2 Å². The van der Waals surface area contributed by atoms with Crippen LogP contribution < -0.4 is 11.1 Å². The van der Waals surface area contributed by atoms with Gasteiger partial charge < -0.3 is 16.0 Å². The van der Waals surface area contributed by atoms with Crippen LogP contribution in [0.2, 0.25) is 0 Å². The second kappa shape index (κ2) is 6.13. The molecule has 0 bridgehead atoms. The largest absolute Gasteiger partial charge is 0.416 e. The summed E-state index contributed by atoms with van der Waals surface area (Å²) in [6.45, 7) is 2.21. The Kier molecular flexibility index (Phi) is 4.99. The summed E-state index contributed by atoms with van der Waals surface area (Å²) in [5.41, 5.74) is 4.53. The van der Waals surface area contributed by atoms with E-state index < -0.39 is 17.6 Å². The van der Waals surface area contributed by atoms with Gasteiger partial charge in [0.2, 0.25) is 0 Å². The highest BCUT2D eigenvalue weighted by molar-refractivity contribution is 5.99. The number of carbonyl (C=O) groups is 1. The molecule has 0 fully saturated rings. The van der Waals surface area contributed by atoms with Gasteiger partial charge in [-0.3, -0.25) is 4.79 Å². The summed E-state index contributed by atoms with van der Waals surface area (Å²) < 4.78 is 37.8. The smallest absolute Gasteiger partial charge is 0.398 e. The number of halogens is 3. The predicted octanol–water partition coefficient (Wildman–Crippen LogP) is 1.97. The molecule has 1 aromatic rings. The van der Waals surface area contributed by atoms with Crippen molar-refractivity contribution < 1.29 is 18.0 Å². The Bertz CT molecular complexity index is 486. The minimum absolute atomic E-state index is 0.0213. The van der Waals surface area contributed by atoms with E-state index in [0.717, 1.165) is 18.2 Å². The normalized spacial score (nSPS) is 13.3. The highest BCUT2D eigenvalue weighted by atomic mass is 19.4. The zero-order chi connectivity index (χ0) is 15.5. The number of anilines is 1. The summed E-state index contributed by atoms with van der Waals surface area (Å²) >= 11 is 0. The number of hydrogen-bond acceptors (Lipinski definition) is 3. The van der Waals surface area contributed by atoms with Crippen molar-refractivity contribution in [3.05, 3.63) is 29.3 Å². The fraction of sp³-hybridized carbons (Fsp3) is 0.462. The highest BCUT2D eigenvalue weighted by Crippen LogP contribution is 2.31. The molecule has 0 spiro atoms. The molecule has 0 radical (unpaired) electrons. The number of nitrogens with two attached hydrogens (primary N) is 1. The fourth-order valence-electron chi connectivity index (χ4n) is 1.45. The zero-order valence-corrected chi connectivity index (χ0v) is 11.6. The van der Waals surface area contributed by atoms with Crippen LogP contribution in [-0.4, -0.2) is 37.5 Å². The molecule has 4 nitrogen and oxygen atoms in total. The van der Waals surface area contributed by atoms with Crippen molar-refractivity contribution in [2.75, 3.05) is 26.4 Å². The van der Waals surface area contributed by atoms with E-state index in [1.807, 2.05) is 25.9 Å². The van der Waals surface area contributed by atoms with Gasteiger partial charge in [-0.25, -0.2) is 0 Å². The molecule has 1 atom stereocenters. The van der Waals surface area contributed by atoms with Crippen LogP contribution in [0.15, 0.2) is 18.2 Å². The molecule has 1 aromatic carbocycles. The lowest BCUT2D eigenvalue weighted by atomic mass is 10.1. The van der Waals surface area contributed by atoms with Gasteiger partial charge in [-0.1, -0.05) is 0 Å². The summed E-state index contributed by atoms with van der Waals surface area (Å²) in [6.07, 6.45) is -4.50. The number of likely N-dealkylation sites (N-methyl/N-ethyl adjacent to an activating group) is 1. The molecule has 112 valence electrons. The molecule has 0 saturated carbocycles. The monoisotopic (exact) mass is 289 g/mol. The average molecular weight is 289 g/mol. The molecule has 0 heterocycles. The van der Waals surface area contributed by atoms with Crippen LogP contribution in [0, 0.1) is 0 Å². The Hall–Kier alpha value is -1.76. The first kappa shape index (κ1) is 16.3. The van der Waals surface area contributed by atoms with Crippen molar-refractivity contribution in [1.82, 2.24) is 10.2 Å². The van der Waals surface area contributed by atoms with Crippen molar-refractivity contribution in [2.45, 2.75) is 19.1 Å². The standard InChI is InChI=1S/C13H18F3N3O/c1-8(19(2)3)7-18-12(20)10-6-9(13(14,15)16)4-5-11(10)17/h4-6,8H,7,17H2,1-3H3,(H,18,20). The molecule has 0 aliphatic rings. The summed E-state index contributed by atoms with van der Waals surface area (Å²) in [7, 11) is 3.69. The summed E-state index contributed by atoms with van der Waals surface area (Å²) in [5, 5.41) is 2.57. The van der Waals surface area contributed by atoms with Gasteiger partial charge in [0.1, 0.15) is 0 Å². The number of benzene rings is 1. The van der Waals surface area contributed by atoms with Gasteiger partial charge in [-0.15, -0.1) is 0 Å². The van der Waals surface area contributed by atoms with Crippen molar-refractivity contribution in [2.24, 2.45) is 0 Å². The Morgan fingerprint density at radius 2 is 2.00 bits per heavy atom. The molecule has 1 amide bonds. The molecule has 1 rings (SSSR count). The van der Waals surface area contributed by atoms with Gasteiger partial charge in [-0.2, -0.15) is 13.2 Å². The average Bonchev–Trinajstić information content (AvgIpc) is 2.34. The van der Waals surface area contributed by atoms with Crippen LogP contribution in [0.1, 0.15) is 22.8 Å². The van der Waals surface area contributed by atoms with Crippen LogP contribution in [-0.2, 0) is 6.18 Å². The number of carbonyl (C=O) groups excluding carboxylic acids is 1. The van der Waals surface area contributed by atoms with Gasteiger partial charge in [0.25, 0.3) is 5.91 Å². The van der Waals surface area contributed by atoms with E-state index in [1.54, 1.807) is 0 Å². The van der Waals surface area contributed by atoms with Crippen LogP contribution in [0.3, 0.4) is 0 Å². The zero-order valence-electron chi connectivity index (χ0n) is 11.6. The van der Waals surface area contributed by atoms with E-state index in [9.17, 15) is 18.0 Å². The fourth-order valence-corrected chi connectivity index (χ4v) is 1.45. The number of nitrogens with one attached hydrogen (secondary N) is 1. The van der Waals surface area contributed by atoms with E-state index >= 15 is 0 Å². The molecule has 0 saturated heterocycles. The second-order valence-electron chi connectivity index (χ2n) is 4.82. The number of nitrogen functional groups attached to an aromatic ring is 1. The maximum Gasteiger partial charge on any atom is 0.416 e. The van der Waals surface area contributed by atoms with Crippen molar-refractivity contribution in [3.63, 3.8) is 0 Å². The third-order valence-electron chi connectivity index (χ3n) is 3.06. The van der Waals surface area contributed by atoms with E-state index in [0.29, 0.717) is 6.54 Å². The summed E-state index contributed by atoms with van der Waals surface area (Å²) in [6, 6.07) is 2.78. The summed E-state index contributed by atoms with van der Waals surface area (Å²) in [5.74, 6) is -0.609. The number of rotatable bonds is 4. The van der Waals surface area contributed by atoms with Gasteiger partial charge in [0.05, 0.1) is 11.1 Å². The molecular weight excluding hydrogens is 271 g/mol. The minimum Gasteiger partial charge on any atom is -0.398 e. The van der Waals surface area contributed by atoms with Crippen LogP contribution in [0.5, 0.6) is 0 Å². The lowest BCUT2D eigenvalue weighted by molar-refractivity contribution is -0.137. The first-order valence-corrected chi connectivity index (χ1v) is 6.04. The van der Waals surface area contributed by atoms with Crippen LogP contribution in [0.4, 0.5) is 18.9 Å². The van der Waals surface area contributed by atoms with Crippen LogP contribution in [0.25, 0.3) is 0 Å². The van der Waals surface area contributed by atoms with Gasteiger partial charge in [0, 0.05) is 18.3 Å². The van der Waals surface area contributed by atoms with Crippen LogP contribution >= 0.6 is 0 Å².